The Morgan fingerprint density at radius 2 is 1.69 bits per heavy atom. The van der Waals surface area contributed by atoms with Gasteiger partial charge in [-0.25, -0.2) is 8.42 Å². The predicted molar refractivity (Wildman–Crippen MR) is 101 cm³/mol. The molecule has 3 heterocycles. The average Bonchev–Trinajstić information content (AvgIpc) is 3.01. The third kappa shape index (κ3) is 3.71. The number of hydrogen-bond acceptors (Lipinski definition) is 7. The first-order valence-corrected chi connectivity index (χ1v) is 9.51. The van der Waals surface area contributed by atoms with E-state index in [9.17, 15) is 8.42 Å². The molecule has 0 saturated heterocycles. The topological polar surface area (TPSA) is 95.4 Å². The molecule has 7 nitrogen and oxygen atoms in total. The highest BCUT2D eigenvalue weighted by molar-refractivity contribution is 7.95. The number of hydrazine groups is 2. The molecule has 4 rings (SSSR count). The molecule has 0 fully saturated rings. The van der Waals surface area contributed by atoms with E-state index in [4.69, 9.17) is 16.0 Å². The van der Waals surface area contributed by atoms with E-state index >= 15 is 0 Å². The van der Waals surface area contributed by atoms with Gasteiger partial charge in [-0.1, -0.05) is 11.6 Å². The van der Waals surface area contributed by atoms with Crippen molar-refractivity contribution in [3.05, 3.63) is 76.7 Å². The normalized spacial score (nSPS) is 15.1. The Kier molecular flexibility index (Phi) is 5.24. The van der Waals surface area contributed by atoms with Crippen LogP contribution in [0.3, 0.4) is 0 Å². The lowest BCUT2D eigenvalue weighted by Crippen LogP contribution is -2.32. The molecule has 136 valence electrons. The van der Waals surface area contributed by atoms with Crippen molar-refractivity contribution >= 4 is 32.4 Å². The van der Waals surface area contributed by atoms with Crippen LogP contribution in [-0.2, 0) is 9.84 Å². The van der Waals surface area contributed by atoms with Gasteiger partial charge in [0.2, 0.25) is 5.09 Å². The molecule has 0 radical (unpaired) electrons. The van der Waals surface area contributed by atoms with Crippen LogP contribution in [0.25, 0.3) is 11.0 Å². The van der Waals surface area contributed by atoms with Crippen LogP contribution in [0, 0.1) is 6.92 Å². The summed E-state index contributed by atoms with van der Waals surface area (Å²) >= 11 is 5.93. The van der Waals surface area contributed by atoms with E-state index < -0.39 is 9.84 Å². The smallest absolute Gasteiger partial charge is 0.256 e. The molecule has 2 aliphatic rings. The van der Waals surface area contributed by atoms with Gasteiger partial charge in [-0.2, -0.15) is 0 Å². The van der Waals surface area contributed by atoms with Crippen LogP contribution >= 0.6 is 11.6 Å². The van der Waals surface area contributed by atoms with E-state index in [1.54, 1.807) is 37.4 Å². The highest BCUT2D eigenvalue weighted by atomic mass is 35.5. The van der Waals surface area contributed by atoms with Gasteiger partial charge < -0.3 is 20.7 Å². The quantitative estimate of drug-likeness (QED) is 0.624. The molecule has 0 spiro atoms. The Hall–Kier alpha value is -2.84. The summed E-state index contributed by atoms with van der Waals surface area (Å²) in [6, 6.07) is 5.01. The lowest BCUT2D eigenvalue weighted by molar-refractivity contribution is 0.478. The third-order valence-corrected chi connectivity index (χ3v) is 5.49. The van der Waals surface area contributed by atoms with Crippen LogP contribution in [0.5, 0.6) is 0 Å². The minimum Gasteiger partial charge on any atom is -0.444 e. The van der Waals surface area contributed by atoms with Crippen molar-refractivity contribution < 1.29 is 12.8 Å². The highest BCUT2D eigenvalue weighted by Gasteiger charge is 2.28. The first kappa shape index (κ1) is 18.0. The Bertz CT molecular complexity index is 1020. The summed E-state index contributed by atoms with van der Waals surface area (Å²) < 4.78 is 30.6. The van der Waals surface area contributed by atoms with E-state index in [-0.39, 0.29) is 10.1 Å². The summed E-state index contributed by atoms with van der Waals surface area (Å²) in [5.74, 6) is 0. The summed E-state index contributed by atoms with van der Waals surface area (Å²) in [6.07, 6.45) is 12.1. The van der Waals surface area contributed by atoms with Gasteiger partial charge in [0.25, 0.3) is 9.84 Å². The Morgan fingerprint density at radius 1 is 1.00 bits per heavy atom. The van der Waals surface area contributed by atoms with Gasteiger partial charge in [0.1, 0.15) is 5.58 Å². The SMILES string of the molecule is C1=CNNC=C1.Cc1c(S(=O)(=O)C2=CC=CNN2)oc2ccc(Cl)cc12. The fraction of sp³-hybridized carbons (Fsp3) is 0.0588. The van der Waals surface area contributed by atoms with E-state index in [2.05, 4.69) is 21.7 Å². The molecule has 0 bridgehead atoms. The molecular weight excluding hydrogens is 376 g/mol. The molecular formula is C17H17ClN4O3S. The number of rotatable bonds is 2. The van der Waals surface area contributed by atoms with Crippen molar-refractivity contribution in [2.75, 3.05) is 0 Å². The maximum Gasteiger partial charge on any atom is 0.256 e. The monoisotopic (exact) mass is 392 g/mol. The highest BCUT2D eigenvalue weighted by Crippen LogP contribution is 2.32. The largest absolute Gasteiger partial charge is 0.444 e. The Balaban J connectivity index is 0.000000278. The van der Waals surface area contributed by atoms with Crippen molar-refractivity contribution in [3.63, 3.8) is 0 Å². The number of sulfone groups is 1. The molecule has 0 unspecified atom stereocenters. The van der Waals surface area contributed by atoms with Crippen LogP contribution in [0.4, 0.5) is 0 Å². The molecule has 9 heteroatoms. The molecule has 2 aliphatic heterocycles. The molecule has 2 aromatic rings. The second-order valence-electron chi connectivity index (χ2n) is 5.32. The van der Waals surface area contributed by atoms with Gasteiger partial charge in [-0.15, -0.1) is 0 Å². The van der Waals surface area contributed by atoms with Crippen molar-refractivity contribution in [1.82, 2.24) is 21.7 Å². The van der Waals surface area contributed by atoms with Crippen LogP contribution < -0.4 is 21.7 Å². The number of furan rings is 1. The van der Waals surface area contributed by atoms with Crippen molar-refractivity contribution in [2.24, 2.45) is 0 Å². The maximum absolute atomic E-state index is 12.5. The second kappa shape index (κ2) is 7.59. The first-order chi connectivity index (χ1) is 12.5. The fourth-order valence-corrected chi connectivity index (χ4v) is 3.86. The number of benzene rings is 1. The molecule has 1 aromatic heterocycles. The minimum atomic E-state index is -3.74. The number of nitrogens with one attached hydrogen (secondary N) is 4. The van der Waals surface area contributed by atoms with Gasteiger partial charge in [0.15, 0.2) is 5.03 Å². The number of aryl methyl sites for hydroxylation is 1. The molecule has 0 amide bonds. The second-order valence-corrected chi connectivity index (χ2v) is 7.58. The van der Waals surface area contributed by atoms with Gasteiger partial charge in [-0.3, -0.25) is 5.43 Å². The van der Waals surface area contributed by atoms with Crippen molar-refractivity contribution in [3.8, 4) is 0 Å². The van der Waals surface area contributed by atoms with E-state index in [0.29, 0.717) is 21.6 Å². The number of halogens is 1. The zero-order valence-corrected chi connectivity index (χ0v) is 15.4. The van der Waals surface area contributed by atoms with E-state index in [0.717, 1.165) is 0 Å². The number of hydrogen-bond donors (Lipinski definition) is 4. The molecule has 0 saturated carbocycles. The van der Waals surface area contributed by atoms with E-state index in [1.807, 2.05) is 24.6 Å². The van der Waals surface area contributed by atoms with Crippen molar-refractivity contribution in [1.29, 1.82) is 0 Å². The first-order valence-electron chi connectivity index (χ1n) is 7.65. The summed E-state index contributed by atoms with van der Waals surface area (Å²) in [5.41, 5.74) is 11.8. The molecule has 0 aliphatic carbocycles. The van der Waals surface area contributed by atoms with E-state index in [1.165, 1.54) is 6.08 Å². The summed E-state index contributed by atoms with van der Waals surface area (Å²) in [6.45, 7) is 1.70. The van der Waals surface area contributed by atoms with Crippen LogP contribution in [0.1, 0.15) is 5.56 Å². The van der Waals surface area contributed by atoms with Crippen LogP contribution in [0.2, 0.25) is 5.02 Å². The van der Waals surface area contributed by atoms with Crippen molar-refractivity contribution in [2.45, 2.75) is 12.0 Å². The van der Waals surface area contributed by atoms with Gasteiger partial charge >= 0.3 is 0 Å². The summed E-state index contributed by atoms with van der Waals surface area (Å²) in [4.78, 5) is 0. The number of allylic oxidation sites excluding steroid dienone is 4. The van der Waals surface area contributed by atoms with Gasteiger partial charge in [0.05, 0.1) is 0 Å². The third-order valence-electron chi connectivity index (χ3n) is 3.56. The Labute approximate surface area is 155 Å². The maximum atomic E-state index is 12.5. The fourth-order valence-electron chi connectivity index (χ4n) is 2.33. The zero-order valence-electron chi connectivity index (χ0n) is 13.8. The minimum absolute atomic E-state index is 0.0354. The lowest BCUT2D eigenvalue weighted by atomic mass is 10.2. The predicted octanol–water partition coefficient (Wildman–Crippen LogP) is 2.75. The average molecular weight is 393 g/mol. The molecule has 4 N–H and O–H groups in total. The Morgan fingerprint density at radius 3 is 2.27 bits per heavy atom. The molecule has 26 heavy (non-hydrogen) atoms. The molecule has 0 atom stereocenters. The lowest BCUT2D eigenvalue weighted by Gasteiger charge is -2.12. The standard InChI is InChI=1S/C13H11ClN2O3S.C4H6N2/c1-8-10-7-9(14)4-5-11(10)19-13(8)20(17,18)12-3-2-6-15-16-12;1-2-4-6-5-3-1/h2-7,15-16H,1H3;1-6H. The van der Waals surface area contributed by atoms with Crippen LogP contribution in [-0.4, -0.2) is 8.42 Å². The van der Waals surface area contributed by atoms with Gasteiger partial charge in [0, 0.05) is 34.6 Å². The zero-order chi connectivity index (χ0) is 18.6. The van der Waals surface area contributed by atoms with Gasteiger partial charge in [-0.05, 0) is 49.4 Å². The molecule has 1 aromatic carbocycles. The van der Waals surface area contributed by atoms with Crippen LogP contribution in [0.15, 0.2) is 75.6 Å². The number of fused-ring (bicyclic) bond motifs is 1. The summed E-state index contributed by atoms with van der Waals surface area (Å²) in [7, 11) is -3.74. The summed E-state index contributed by atoms with van der Waals surface area (Å²) in [5, 5.41) is 1.18.